The summed E-state index contributed by atoms with van der Waals surface area (Å²) in [5, 5.41) is 7.64. The van der Waals surface area contributed by atoms with Crippen molar-refractivity contribution in [3.63, 3.8) is 0 Å². The summed E-state index contributed by atoms with van der Waals surface area (Å²) in [6.07, 6.45) is 0.249. The van der Waals surface area contributed by atoms with Gasteiger partial charge in [0.15, 0.2) is 12.4 Å². The molecule has 0 amide bonds. The highest BCUT2D eigenvalue weighted by Gasteiger charge is 2.59. The Kier molecular flexibility index (Phi) is 14.9. The molecular formula is C72H94O3P2. The molecule has 0 saturated heterocycles. The number of aldehydes is 1. The minimum absolute atomic E-state index is 0.106. The summed E-state index contributed by atoms with van der Waals surface area (Å²) >= 11 is 0. The third kappa shape index (κ3) is 11.5. The molecule has 2 aliphatic rings. The van der Waals surface area contributed by atoms with E-state index in [-0.39, 0.29) is 49.9 Å². The van der Waals surface area contributed by atoms with Crippen LogP contribution in [0, 0.1) is 0 Å². The fourth-order valence-electron chi connectivity index (χ4n) is 11.0. The van der Waals surface area contributed by atoms with Crippen LogP contribution in [0.2, 0.25) is 0 Å². The van der Waals surface area contributed by atoms with E-state index in [1.54, 1.807) is 0 Å². The van der Waals surface area contributed by atoms with Crippen LogP contribution in [-0.4, -0.2) is 19.0 Å². The standard InChI is InChI=1S/C72H94O3P2/c1-64(2,3)45-31-46(65(4,5)6)36-53(35-45)76(54-37-47(66(7,8)9)32-48(38-54)67(10,11)12)59-29-25-27-57-62(59)72(44-74-57)61(43-73)75-58-28-26-30-60(63(58)72)77(55-39-49(68(13,14)15)33-50(40-55)69(16,17)18)56-41-51(70(19,20)21)34-52(42-56)71(22,23)24/h25-43,61H,44H2,1-24H3/t61-,72?/m1/s1. The lowest BCUT2D eigenvalue weighted by Crippen LogP contribution is -2.47. The Bertz CT molecular complexity index is 2770. The average Bonchev–Trinajstić information content (AvgIpc) is 4.03. The third-order valence-corrected chi connectivity index (χ3v) is 21.1. The van der Waals surface area contributed by atoms with Gasteiger partial charge in [-0.25, -0.2) is 0 Å². The van der Waals surface area contributed by atoms with E-state index >= 15 is 0 Å². The van der Waals surface area contributed by atoms with Gasteiger partial charge < -0.3 is 9.47 Å². The largest absolute Gasteiger partial charge is 0.492 e. The highest BCUT2D eigenvalue weighted by Crippen LogP contribution is 2.57. The van der Waals surface area contributed by atoms with Crippen molar-refractivity contribution >= 4 is 54.0 Å². The van der Waals surface area contributed by atoms with Gasteiger partial charge in [-0.05, 0) is 148 Å². The molecule has 77 heavy (non-hydrogen) atoms. The molecule has 6 aromatic carbocycles. The van der Waals surface area contributed by atoms with Crippen molar-refractivity contribution in [1.29, 1.82) is 0 Å². The van der Waals surface area contributed by atoms with Crippen molar-refractivity contribution in [2.45, 2.75) is 221 Å². The van der Waals surface area contributed by atoms with Gasteiger partial charge in [-0.2, -0.15) is 0 Å². The normalized spacial score (nSPS) is 17.5. The van der Waals surface area contributed by atoms with Crippen molar-refractivity contribution in [3.8, 4) is 11.5 Å². The fourth-order valence-corrected chi connectivity index (χ4v) is 16.4. The van der Waals surface area contributed by atoms with Crippen molar-refractivity contribution in [2.24, 2.45) is 0 Å². The van der Waals surface area contributed by atoms with E-state index in [2.05, 4.69) is 275 Å². The van der Waals surface area contributed by atoms with Crippen LogP contribution in [0.5, 0.6) is 11.5 Å². The predicted octanol–water partition coefficient (Wildman–Crippen LogP) is 16.2. The third-order valence-electron chi connectivity index (χ3n) is 16.3. The zero-order valence-electron chi connectivity index (χ0n) is 51.9. The molecule has 1 unspecified atom stereocenters. The second-order valence-corrected chi connectivity index (χ2v) is 35.4. The zero-order chi connectivity index (χ0) is 57.2. The first-order chi connectivity index (χ1) is 35.1. The van der Waals surface area contributed by atoms with E-state index in [0.717, 1.165) is 28.9 Å². The van der Waals surface area contributed by atoms with Crippen LogP contribution in [0.15, 0.2) is 109 Å². The molecule has 0 aromatic heterocycles. The Hall–Kier alpha value is -4.55. The van der Waals surface area contributed by atoms with E-state index in [9.17, 15) is 4.79 Å². The minimum atomic E-state index is -1.29. The van der Waals surface area contributed by atoms with Gasteiger partial charge in [0.05, 0.1) is 0 Å². The van der Waals surface area contributed by atoms with Crippen LogP contribution in [0.1, 0.15) is 222 Å². The molecule has 6 aromatic rings. The van der Waals surface area contributed by atoms with E-state index < -0.39 is 27.4 Å². The fraction of sp³-hybridized carbons (Fsp3) is 0.486. The van der Waals surface area contributed by atoms with Gasteiger partial charge >= 0.3 is 0 Å². The summed E-state index contributed by atoms with van der Waals surface area (Å²) in [4.78, 5) is 14.4. The number of fused-ring (bicyclic) bond motifs is 4. The van der Waals surface area contributed by atoms with Crippen LogP contribution in [0.4, 0.5) is 0 Å². The molecule has 5 heteroatoms. The maximum Gasteiger partial charge on any atom is 0.171 e. The molecule has 1 spiro atoms. The van der Waals surface area contributed by atoms with Gasteiger partial charge in [0.25, 0.3) is 0 Å². The summed E-state index contributed by atoms with van der Waals surface area (Å²) in [6.45, 7) is 56.4. The lowest BCUT2D eigenvalue weighted by molar-refractivity contribution is -0.115. The van der Waals surface area contributed by atoms with E-state index in [1.165, 1.54) is 76.3 Å². The van der Waals surface area contributed by atoms with Crippen molar-refractivity contribution in [3.05, 3.63) is 165 Å². The van der Waals surface area contributed by atoms with Crippen LogP contribution in [0.3, 0.4) is 0 Å². The number of hydrogen-bond acceptors (Lipinski definition) is 3. The number of hydrogen-bond donors (Lipinski definition) is 0. The highest BCUT2D eigenvalue weighted by molar-refractivity contribution is 7.80. The van der Waals surface area contributed by atoms with Crippen LogP contribution < -0.4 is 41.3 Å². The molecule has 8 rings (SSSR count). The second kappa shape index (κ2) is 19.6. The molecule has 2 heterocycles. The number of ether oxygens (including phenoxy) is 2. The van der Waals surface area contributed by atoms with Gasteiger partial charge in [-0.1, -0.05) is 263 Å². The van der Waals surface area contributed by atoms with Crippen LogP contribution >= 0.6 is 15.8 Å². The molecule has 0 radical (unpaired) electrons. The van der Waals surface area contributed by atoms with Crippen LogP contribution in [-0.2, 0) is 53.5 Å². The summed E-state index contributed by atoms with van der Waals surface area (Å²) in [5.74, 6) is 1.60. The first-order valence-electron chi connectivity index (χ1n) is 28.4. The molecule has 0 N–H and O–H groups in total. The molecule has 0 saturated carbocycles. The maximum atomic E-state index is 14.4. The van der Waals surface area contributed by atoms with Crippen molar-refractivity contribution in [2.75, 3.05) is 6.61 Å². The van der Waals surface area contributed by atoms with Gasteiger partial charge in [-0.3, -0.25) is 4.79 Å². The summed E-state index contributed by atoms with van der Waals surface area (Å²) < 4.78 is 14.4. The lowest BCUT2D eigenvalue weighted by atomic mass is 9.73. The van der Waals surface area contributed by atoms with E-state index in [1.807, 2.05) is 0 Å². The van der Waals surface area contributed by atoms with E-state index in [4.69, 9.17) is 9.47 Å². The molecule has 0 bridgehead atoms. The zero-order valence-corrected chi connectivity index (χ0v) is 53.7. The number of carbonyl (C=O) groups is 1. The van der Waals surface area contributed by atoms with Gasteiger partial charge in [0.1, 0.15) is 23.5 Å². The Morgan fingerprint density at radius 3 is 0.870 bits per heavy atom. The molecule has 410 valence electrons. The summed E-state index contributed by atoms with van der Waals surface area (Å²) in [6, 6.07) is 43.2. The number of benzene rings is 6. The molecule has 2 aliphatic heterocycles. The van der Waals surface area contributed by atoms with Crippen molar-refractivity contribution < 1.29 is 14.3 Å². The van der Waals surface area contributed by atoms with Gasteiger partial charge in [0.2, 0.25) is 0 Å². The molecule has 3 nitrogen and oxygen atoms in total. The maximum absolute atomic E-state index is 14.4. The quantitative estimate of drug-likeness (QED) is 0.118. The average molecular weight is 1070 g/mol. The molecular weight excluding hydrogens is 975 g/mol. The smallest absolute Gasteiger partial charge is 0.171 e. The second-order valence-electron chi connectivity index (χ2n) is 31.0. The topological polar surface area (TPSA) is 35.5 Å². The SMILES string of the molecule is CC(C)(C)c1cc(P(c2cc(C(C)(C)C)cc(C(C)(C)C)c2)c2cccc3c2C2(CO3)c3c(cccc3P(c3cc(C(C)(C)C)cc(C(C)(C)C)c3)c3cc(C(C)(C)C)cc(C(C)(C)C)c3)O[C@@H]2C=O)cc(C(C)(C)C)c1. The minimum Gasteiger partial charge on any atom is -0.492 e. The first-order valence-corrected chi connectivity index (χ1v) is 31.1. The number of carbonyl (C=O) groups excluding carboxylic acids is 1. The molecule has 0 fully saturated rings. The number of rotatable bonds is 7. The van der Waals surface area contributed by atoms with Gasteiger partial charge in [0, 0.05) is 11.1 Å². The molecule has 2 atom stereocenters. The summed E-state index contributed by atoms with van der Waals surface area (Å²) in [5.41, 5.74) is 10.9. The first kappa shape index (κ1) is 58.6. The Balaban J connectivity index is 1.55. The van der Waals surface area contributed by atoms with E-state index in [0.29, 0.717) is 0 Å². The van der Waals surface area contributed by atoms with Crippen molar-refractivity contribution in [1.82, 2.24) is 0 Å². The Morgan fingerprint density at radius 2 is 0.623 bits per heavy atom. The monoisotopic (exact) mass is 1070 g/mol. The summed E-state index contributed by atoms with van der Waals surface area (Å²) in [7, 11) is -2.57. The van der Waals surface area contributed by atoms with Crippen LogP contribution in [0.25, 0.3) is 0 Å². The Labute approximate surface area is 469 Å². The van der Waals surface area contributed by atoms with Gasteiger partial charge in [-0.15, -0.1) is 0 Å². The molecule has 0 aliphatic carbocycles. The predicted molar refractivity (Wildman–Crippen MR) is 337 cm³/mol. The highest BCUT2D eigenvalue weighted by atomic mass is 31.1. The Morgan fingerprint density at radius 1 is 0.377 bits per heavy atom. The lowest BCUT2D eigenvalue weighted by Gasteiger charge is -2.35.